The summed E-state index contributed by atoms with van der Waals surface area (Å²) < 4.78 is 19.6. The van der Waals surface area contributed by atoms with E-state index in [-0.39, 0.29) is 5.91 Å². The van der Waals surface area contributed by atoms with Crippen LogP contribution in [0.4, 0.5) is 10.1 Å². The molecule has 0 unspecified atom stereocenters. The molecule has 2 aromatic carbocycles. The topological polar surface area (TPSA) is 38.3 Å². The standard InChI is InChI=1S/C15H13FINO2/c1-10(20-14-7-5-12(17)6-8-14)15(19)18-13-4-2-3-11(16)9-13/h2-10H,1H3,(H,18,19)/t10-/m1/s1. The van der Waals surface area contributed by atoms with Crippen LogP contribution in [0.25, 0.3) is 0 Å². The lowest BCUT2D eigenvalue weighted by molar-refractivity contribution is -0.122. The number of benzene rings is 2. The van der Waals surface area contributed by atoms with Gasteiger partial charge in [-0.25, -0.2) is 4.39 Å². The van der Waals surface area contributed by atoms with Crippen molar-refractivity contribution in [1.82, 2.24) is 0 Å². The van der Waals surface area contributed by atoms with Crippen molar-refractivity contribution >= 4 is 34.2 Å². The third-order valence-electron chi connectivity index (χ3n) is 2.59. The van der Waals surface area contributed by atoms with Gasteiger partial charge in [-0.05, 0) is 72.0 Å². The van der Waals surface area contributed by atoms with Crippen molar-refractivity contribution in [2.45, 2.75) is 13.0 Å². The van der Waals surface area contributed by atoms with Crippen LogP contribution in [0.3, 0.4) is 0 Å². The summed E-state index contributed by atoms with van der Waals surface area (Å²) in [5.74, 6) is -0.101. The molecule has 0 saturated heterocycles. The Hall–Kier alpha value is -1.63. The molecule has 2 aromatic rings. The van der Waals surface area contributed by atoms with E-state index in [2.05, 4.69) is 27.9 Å². The highest BCUT2D eigenvalue weighted by molar-refractivity contribution is 14.1. The van der Waals surface area contributed by atoms with Crippen LogP contribution < -0.4 is 10.1 Å². The van der Waals surface area contributed by atoms with Crippen molar-refractivity contribution in [2.75, 3.05) is 5.32 Å². The summed E-state index contributed by atoms with van der Waals surface area (Å²) in [6.45, 7) is 1.65. The molecular weight excluding hydrogens is 372 g/mol. The van der Waals surface area contributed by atoms with Crippen LogP contribution in [0.2, 0.25) is 0 Å². The van der Waals surface area contributed by atoms with E-state index >= 15 is 0 Å². The highest BCUT2D eigenvalue weighted by Gasteiger charge is 2.15. The Morgan fingerprint density at radius 2 is 1.95 bits per heavy atom. The van der Waals surface area contributed by atoms with Crippen molar-refractivity contribution in [3.05, 3.63) is 57.9 Å². The molecule has 0 aromatic heterocycles. The molecule has 0 spiro atoms. The Balaban J connectivity index is 1.96. The average molecular weight is 385 g/mol. The number of hydrogen-bond acceptors (Lipinski definition) is 2. The number of anilines is 1. The Bertz CT molecular complexity index is 601. The predicted molar refractivity (Wildman–Crippen MR) is 84.3 cm³/mol. The largest absolute Gasteiger partial charge is 0.481 e. The molecule has 0 saturated carbocycles. The zero-order valence-electron chi connectivity index (χ0n) is 10.8. The first-order valence-electron chi connectivity index (χ1n) is 6.03. The van der Waals surface area contributed by atoms with Gasteiger partial charge in [0.2, 0.25) is 0 Å². The molecule has 0 radical (unpaired) electrons. The fourth-order valence-electron chi connectivity index (χ4n) is 1.58. The van der Waals surface area contributed by atoms with Crippen LogP contribution in [0.5, 0.6) is 5.75 Å². The second kappa shape index (κ2) is 6.69. The fourth-order valence-corrected chi connectivity index (χ4v) is 1.94. The molecule has 1 N–H and O–H groups in total. The summed E-state index contributed by atoms with van der Waals surface area (Å²) in [4.78, 5) is 11.9. The van der Waals surface area contributed by atoms with Gasteiger partial charge in [0, 0.05) is 9.26 Å². The van der Waals surface area contributed by atoms with Gasteiger partial charge in [-0.1, -0.05) is 6.07 Å². The maximum Gasteiger partial charge on any atom is 0.265 e. The lowest BCUT2D eigenvalue weighted by atomic mass is 10.3. The van der Waals surface area contributed by atoms with Crippen LogP contribution in [0, 0.1) is 9.39 Å². The maximum absolute atomic E-state index is 13.0. The summed E-state index contributed by atoms with van der Waals surface area (Å²) in [6, 6.07) is 13.1. The molecule has 0 fully saturated rings. The van der Waals surface area contributed by atoms with E-state index in [0.29, 0.717) is 11.4 Å². The van der Waals surface area contributed by atoms with E-state index in [4.69, 9.17) is 4.74 Å². The molecule has 1 amide bonds. The van der Waals surface area contributed by atoms with Gasteiger partial charge in [-0.2, -0.15) is 0 Å². The summed E-state index contributed by atoms with van der Waals surface area (Å²) in [5.41, 5.74) is 0.410. The number of nitrogens with one attached hydrogen (secondary N) is 1. The van der Waals surface area contributed by atoms with Gasteiger partial charge in [-0.15, -0.1) is 0 Å². The molecule has 20 heavy (non-hydrogen) atoms. The average Bonchev–Trinajstić information content (AvgIpc) is 2.41. The molecular formula is C15H13FINO2. The molecule has 0 bridgehead atoms. The lowest BCUT2D eigenvalue weighted by Crippen LogP contribution is -2.30. The summed E-state index contributed by atoms with van der Waals surface area (Å²) in [7, 11) is 0. The number of hydrogen-bond donors (Lipinski definition) is 1. The van der Waals surface area contributed by atoms with Crippen molar-refractivity contribution in [3.8, 4) is 5.75 Å². The fraction of sp³-hybridized carbons (Fsp3) is 0.133. The molecule has 0 aliphatic carbocycles. The maximum atomic E-state index is 13.0. The van der Waals surface area contributed by atoms with E-state index < -0.39 is 11.9 Å². The van der Waals surface area contributed by atoms with Crippen molar-refractivity contribution < 1.29 is 13.9 Å². The smallest absolute Gasteiger partial charge is 0.265 e. The van der Waals surface area contributed by atoms with Crippen molar-refractivity contribution in [2.24, 2.45) is 0 Å². The Labute approximate surface area is 130 Å². The normalized spacial score (nSPS) is 11.8. The summed E-state index contributed by atoms with van der Waals surface area (Å²) in [6.07, 6.45) is -0.668. The third kappa shape index (κ3) is 4.19. The van der Waals surface area contributed by atoms with Gasteiger partial charge >= 0.3 is 0 Å². The quantitative estimate of drug-likeness (QED) is 0.813. The first-order valence-corrected chi connectivity index (χ1v) is 7.11. The summed E-state index contributed by atoms with van der Waals surface area (Å²) >= 11 is 2.19. The second-order valence-corrected chi connectivity index (χ2v) is 5.46. The second-order valence-electron chi connectivity index (χ2n) is 4.21. The van der Waals surface area contributed by atoms with Crippen LogP contribution in [0.1, 0.15) is 6.92 Å². The minimum Gasteiger partial charge on any atom is -0.481 e. The number of amides is 1. The zero-order chi connectivity index (χ0) is 14.5. The predicted octanol–water partition coefficient (Wildman–Crippen LogP) is 3.84. The first kappa shape index (κ1) is 14.8. The van der Waals surface area contributed by atoms with Crippen LogP contribution >= 0.6 is 22.6 Å². The number of halogens is 2. The molecule has 0 aliphatic rings. The first-order chi connectivity index (χ1) is 9.54. The van der Waals surface area contributed by atoms with E-state index in [1.165, 1.54) is 18.2 Å². The monoisotopic (exact) mass is 385 g/mol. The molecule has 1 atom stereocenters. The van der Waals surface area contributed by atoms with Gasteiger partial charge in [0.1, 0.15) is 11.6 Å². The zero-order valence-corrected chi connectivity index (χ0v) is 12.9. The molecule has 104 valence electrons. The number of carbonyl (C=O) groups is 1. The Kier molecular flexibility index (Phi) is 4.94. The van der Waals surface area contributed by atoms with Crippen molar-refractivity contribution in [3.63, 3.8) is 0 Å². The van der Waals surface area contributed by atoms with Crippen LogP contribution in [-0.2, 0) is 4.79 Å². The van der Waals surface area contributed by atoms with E-state index in [0.717, 1.165) is 3.57 Å². The van der Waals surface area contributed by atoms with Gasteiger partial charge in [-0.3, -0.25) is 4.79 Å². The van der Waals surface area contributed by atoms with Gasteiger partial charge in [0.15, 0.2) is 6.10 Å². The molecule has 0 heterocycles. The van der Waals surface area contributed by atoms with Crippen LogP contribution in [0.15, 0.2) is 48.5 Å². The Morgan fingerprint density at radius 3 is 2.60 bits per heavy atom. The van der Waals surface area contributed by atoms with Crippen LogP contribution in [-0.4, -0.2) is 12.0 Å². The Morgan fingerprint density at radius 1 is 1.25 bits per heavy atom. The third-order valence-corrected chi connectivity index (χ3v) is 3.31. The van der Waals surface area contributed by atoms with E-state index in [9.17, 15) is 9.18 Å². The molecule has 5 heteroatoms. The highest BCUT2D eigenvalue weighted by Crippen LogP contribution is 2.16. The lowest BCUT2D eigenvalue weighted by Gasteiger charge is -2.14. The number of carbonyl (C=O) groups excluding carboxylic acids is 1. The number of ether oxygens (including phenoxy) is 1. The molecule has 3 nitrogen and oxygen atoms in total. The molecule has 2 rings (SSSR count). The number of rotatable bonds is 4. The van der Waals surface area contributed by atoms with Gasteiger partial charge in [0.25, 0.3) is 5.91 Å². The van der Waals surface area contributed by atoms with E-state index in [1.807, 2.05) is 12.1 Å². The van der Waals surface area contributed by atoms with Crippen molar-refractivity contribution in [1.29, 1.82) is 0 Å². The van der Waals surface area contributed by atoms with Gasteiger partial charge < -0.3 is 10.1 Å². The highest BCUT2D eigenvalue weighted by atomic mass is 127. The molecule has 0 aliphatic heterocycles. The minimum absolute atomic E-state index is 0.325. The van der Waals surface area contributed by atoms with E-state index in [1.54, 1.807) is 25.1 Å². The minimum atomic E-state index is -0.668. The van der Waals surface area contributed by atoms with Gasteiger partial charge in [0.05, 0.1) is 0 Å². The summed E-state index contributed by atoms with van der Waals surface area (Å²) in [5, 5.41) is 2.61. The SMILES string of the molecule is C[C@@H](Oc1ccc(I)cc1)C(=O)Nc1cccc(F)c1.